The molecule has 1 aromatic heterocycles. The van der Waals surface area contributed by atoms with Crippen molar-refractivity contribution < 1.29 is 13.3 Å². The van der Waals surface area contributed by atoms with Crippen LogP contribution in [0.25, 0.3) is 11.1 Å². The van der Waals surface area contributed by atoms with Gasteiger partial charge in [0.1, 0.15) is 17.4 Å². The molecule has 0 bridgehead atoms. The van der Waals surface area contributed by atoms with Crippen LogP contribution in [0.5, 0.6) is 0 Å². The van der Waals surface area contributed by atoms with Gasteiger partial charge in [-0.25, -0.2) is 8.78 Å². The van der Waals surface area contributed by atoms with Crippen molar-refractivity contribution >= 4 is 5.82 Å². The Balaban J connectivity index is 2.55. The summed E-state index contributed by atoms with van der Waals surface area (Å²) < 4.78 is 31.5. The lowest BCUT2D eigenvalue weighted by atomic mass is 10.0. The molecule has 0 saturated heterocycles. The summed E-state index contributed by atoms with van der Waals surface area (Å²) in [5.41, 5.74) is 6.28. The van der Waals surface area contributed by atoms with E-state index in [1.807, 2.05) is 6.92 Å². The van der Waals surface area contributed by atoms with Gasteiger partial charge in [0.2, 0.25) is 0 Å². The van der Waals surface area contributed by atoms with Gasteiger partial charge < -0.3 is 10.3 Å². The van der Waals surface area contributed by atoms with E-state index < -0.39 is 11.6 Å². The van der Waals surface area contributed by atoms with Gasteiger partial charge in [-0.2, -0.15) is 0 Å². The molecule has 17 heavy (non-hydrogen) atoms. The lowest BCUT2D eigenvalue weighted by molar-refractivity contribution is 0.385. The van der Waals surface area contributed by atoms with Crippen molar-refractivity contribution in [1.82, 2.24) is 5.16 Å². The largest absolute Gasteiger partial charge is 0.380 e. The Morgan fingerprint density at radius 1 is 1.35 bits per heavy atom. The number of nitrogen functional groups attached to an aromatic ring is 1. The Hall–Kier alpha value is -1.91. The summed E-state index contributed by atoms with van der Waals surface area (Å²) in [6.45, 7) is 1.96. The number of anilines is 1. The molecule has 0 fully saturated rings. The molecular weight excluding hydrogens is 226 g/mol. The molecule has 0 aliphatic carbocycles. The summed E-state index contributed by atoms with van der Waals surface area (Å²) in [4.78, 5) is 0. The molecule has 3 nitrogen and oxygen atoms in total. The molecule has 2 N–H and O–H groups in total. The molecule has 0 atom stereocenters. The van der Waals surface area contributed by atoms with Crippen molar-refractivity contribution in [1.29, 1.82) is 0 Å². The SMILES string of the molecule is CCCc1onc(N)c1-c1ccc(F)cc1F. The van der Waals surface area contributed by atoms with Crippen LogP contribution in [0, 0.1) is 11.6 Å². The van der Waals surface area contributed by atoms with Crippen LogP contribution in [0.2, 0.25) is 0 Å². The molecule has 0 saturated carbocycles. The zero-order chi connectivity index (χ0) is 12.4. The van der Waals surface area contributed by atoms with E-state index in [0.717, 1.165) is 12.5 Å². The lowest BCUT2D eigenvalue weighted by Crippen LogP contribution is -1.94. The van der Waals surface area contributed by atoms with E-state index in [1.54, 1.807) is 0 Å². The number of halogens is 2. The fourth-order valence-corrected chi connectivity index (χ4v) is 1.72. The van der Waals surface area contributed by atoms with Crippen molar-refractivity contribution in [2.24, 2.45) is 0 Å². The van der Waals surface area contributed by atoms with Crippen LogP contribution in [0.4, 0.5) is 14.6 Å². The fraction of sp³-hybridized carbons (Fsp3) is 0.250. The molecule has 0 amide bonds. The molecule has 1 aromatic carbocycles. The van der Waals surface area contributed by atoms with Crippen LogP contribution in [-0.4, -0.2) is 5.16 Å². The average molecular weight is 238 g/mol. The van der Waals surface area contributed by atoms with Gasteiger partial charge >= 0.3 is 0 Å². The molecule has 2 rings (SSSR count). The van der Waals surface area contributed by atoms with Crippen LogP contribution in [-0.2, 0) is 6.42 Å². The van der Waals surface area contributed by atoms with Gasteiger partial charge in [-0.1, -0.05) is 12.1 Å². The first-order valence-electron chi connectivity index (χ1n) is 5.33. The Morgan fingerprint density at radius 2 is 2.12 bits per heavy atom. The minimum absolute atomic E-state index is 0.124. The van der Waals surface area contributed by atoms with Gasteiger partial charge in [0.15, 0.2) is 5.82 Å². The summed E-state index contributed by atoms with van der Waals surface area (Å²) in [5.74, 6) is -0.648. The summed E-state index contributed by atoms with van der Waals surface area (Å²) in [6, 6.07) is 3.34. The van der Waals surface area contributed by atoms with Gasteiger partial charge in [0.25, 0.3) is 0 Å². The van der Waals surface area contributed by atoms with Crippen molar-refractivity contribution in [2.75, 3.05) is 5.73 Å². The van der Waals surface area contributed by atoms with Crippen molar-refractivity contribution in [2.45, 2.75) is 19.8 Å². The molecule has 90 valence electrons. The predicted octanol–water partition coefficient (Wildman–Crippen LogP) is 3.15. The van der Waals surface area contributed by atoms with E-state index in [4.69, 9.17) is 10.3 Å². The molecule has 1 heterocycles. The summed E-state index contributed by atoms with van der Waals surface area (Å²) in [6.07, 6.45) is 1.43. The normalized spacial score (nSPS) is 10.8. The molecule has 0 unspecified atom stereocenters. The monoisotopic (exact) mass is 238 g/mol. The second kappa shape index (κ2) is 4.53. The average Bonchev–Trinajstić information content (AvgIpc) is 2.62. The summed E-state index contributed by atoms with van der Waals surface area (Å²) in [5, 5.41) is 3.62. The van der Waals surface area contributed by atoms with E-state index in [1.165, 1.54) is 12.1 Å². The maximum Gasteiger partial charge on any atom is 0.175 e. The lowest BCUT2D eigenvalue weighted by Gasteiger charge is -2.03. The first-order valence-corrected chi connectivity index (χ1v) is 5.33. The Labute approximate surface area is 97.2 Å². The number of rotatable bonds is 3. The maximum absolute atomic E-state index is 13.6. The third-order valence-corrected chi connectivity index (χ3v) is 2.47. The smallest absolute Gasteiger partial charge is 0.175 e. The third-order valence-electron chi connectivity index (χ3n) is 2.47. The molecule has 0 aliphatic rings. The van der Waals surface area contributed by atoms with Gasteiger partial charge in [0.05, 0.1) is 5.56 Å². The topological polar surface area (TPSA) is 52.0 Å². The number of aryl methyl sites for hydroxylation is 1. The summed E-state index contributed by atoms with van der Waals surface area (Å²) in [7, 11) is 0. The quantitative estimate of drug-likeness (QED) is 0.893. The number of hydrogen-bond acceptors (Lipinski definition) is 3. The van der Waals surface area contributed by atoms with Crippen LogP contribution in [0.3, 0.4) is 0 Å². The number of nitrogens with two attached hydrogens (primary N) is 1. The van der Waals surface area contributed by atoms with E-state index in [-0.39, 0.29) is 11.4 Å². The molecule has 0 aliphatic heterocycles. The fourth-order valence-electron chi connectivity index (χ4n) is 1.72. The second-order valence-electron chi connectivity index (χ2n) is 3.74. The second-order valence-corrected chi connectivity index (χ2v) is 3.74. The number of hydrogen-bond donors (Lipinski definition) is 1. The van der Waals surface area contributed by atoms with Gasteiger partial charge in [0, 0.05) is 18.1 Å². The van der Waals surface area contributed by atoms with Crippen LogP contribution in [0.1, 0.15) is 19.1 Å². The van der Waals surface area contributed by atoms with Crippen LogP contribution >= 0.6 is 0 Å². The Kier molecular flexibility index (Phi) is 3.08. The van der Waals surface area contributed by atoms with E-state index in [9.17, 15) is 8.78 Å². The zero-order valence-corrected chi connectivity index (χ0v) is 9.34. The van der Waals surface area contributed by atoms with Crippen LogP contribution in [0.15, 0.2) is 22.7 Å². The Morgan fingerprint density at radius 3 is 2.76 bits per heavy atom. The minimum atomic E-state index is -0.669. The highest BCUT2D eigenvalue weighted by molar-refractivity contribution is 5.75. The highest BCUT2D eigenvalue weighted by atomic mass is 19.1. The van der Waals surface area contributed by atoms with Crippen LogP contribution < -0.4 is 5.73 Å². The maximum atomic E-state index is 13.6. The minimum Gasteiger partial charge on any atom is -0.380 e. The number of nitrogens with zero attached hydrogens (tertiary/aromatic N) is 1. The highest BCUT2D eigenvalue weighted by Gasteiger charge is 2.18. The predicted molar refractivity (Wildman–Crippen MR) is 60.3 cm³/mol. The van der Waals surface area contributed by atoms with Crippen molar-refractivity contribution in [3.63, 3.8) is 0 Å². The van der Waals surface area contributed by atoms with E-state index in [2.05, 4.69) is 5.16 Å². The number of aromatic nitrogens is 1. The number of benzene rings is 1. The van der Waals surface area contributed by atoms with E-state index >= 15 is 0 Å². The first kappa shape index (κ1) is 11.6. The first-order chi connectivity index (χ1) is 8.13. The molecular formula is C12H12F2N2O. The standard InChI is InChI=1S/C12H12F2N2O/c1-2-3-10-11(12(15)16-17-10)8-5-4-7(13)6-9(8)14/h4-6H,2-3H2,1H3,(H2,15,16). The highest BCUT2D eigenvalue weighted by Crippen LogP contribution is 2.32. The third kappa shape index (κ3) is 2.13. The van der Waals surface area contributed by atoms with Gasteiger partial charge in [-0.05, 0) is 18.6 Å². The molecule has 0 spiro atoms. The molecule has 0 radical (unpaired) electrons. The van der Waals surface area contributed by atoms with Gasteiger partial charge in [-0.15, -0.1) is 0 Å². The molecule has 5 heteroatoms. The van der Waals surface area contributed by atoms with E-state index in [0.29, 0.717) is 17.7 Å². The Bertz CT molecular complexity index is 537. The van der Waals surface area contributed by atoms with Gasteiger partial charge in [-0.3, -0.25) is 0 Å². The molecule has 2 aromatic rings. The summed E-state index contributed by atoms with van der Waals surface area (Å²) >= 11 is 0. The zero-order valence-electron chi connectivity index (χ0n) is 9.34. The van der Waals surface area contributed by atoms with Crippen molar-refractivity contribution in [3.05, 3.63) is 35.6 Å². The van der Waals surface area contributed by atoms with Crippen molar-refractivity contribution in [3.8, 4) is 11.1 Å².